The summed E-state index contributed by atoms with van der Waals surface area (Å²) in [4.78, 5) is 14.5. The molecule has 68 valence electrons. The van der Waals surface area contributed by atoms with E-state index < -0.39 is 5.97 Å². The molecular formula is C8H7NO3S. The Morgan fingerprint density at radius 2 is 2.62 bits per heavy atom. The first kappa shape index (κ1) is 9.71. The van der Waals surface area contributed by atoms with Crippen LogP contribution >= 0.6 is 11.3 Å². The molecule has 0 aliphatic rings. The van der Waals surface area contributed by atoms with E-state index >= 15 is 0 Å². The topological polar surface area (TPSA) is 59.4 Å². The summed E-state index contributed by atoms with van der Waals surface area (Å²) >= 11 is 1.27. The summed E-state index contributed by atoms with van der Waals surface area (Å²) in [5.41, 5.74) is 0.555. The molecule has 13 heavy (non-hydrogen) atoms. The van der Waals surface area contributed by atoms with Gasteiger partial charge in [0.05, 0.1) is 19.4 Å². The van der Waals surface area contributed by atoms with Crippen LogP contribution in [0.1, 0.15) is 10.7 Å². The van der Waals surface area contributed by atoms with Crippen LogP contribution < -0.4 is 0 Å². The molecule has 4 nitrogen and oxygen atoms in total. The molecule has 1 heterocycles. The van der Waals surface area contributed by atoms with E-state index in [2.05, 4.69) is 21.6 Å². The first-order chi connectivity index (χ1) is 6.26. The van der Waals surface area contributed by atoms with Crippen LogP contribution in [0.25, 0.3) is 0 Å². The summed E-state index contributed by atoms with van der Waals surface area (Å²) in [5, 5.41) is 10.9. The van der Waals surface area contributed by atoms with Crippen molar-refractivity contribution in [2.75, 3.05) is 7.11 Å². The van der Waals surface area contributed by atoms with E-state index in [1.165, 1.54) is 18.4 Å². The zero-order chi connectivity index (χ0) is 9.68. The highest BCUT2D eigenvalue weighted by atomic mass is 32.1. The van der Waals surface area contributed by atoms with Crippen molar-refractivity contribution in [2.45, 2.75) is 6.61 Å². The van der Waals surface area contributed by atoms with Gasteiger partial charge >= 0.3 is 5.97 Å². The van der Waals surface area contributed by atoms with Gasteiger partial charge in [-0.2, -0.15) is 0 Å². The number of rotatable bonds is 1. The first-order valence-corrected chi connectivity index (χ1v) is 4.29. The van der Waals surface area contributed by atoms with E-state index in [0.29, 0.717) is 10.7 Å². The van der Waals surface area contributed by atoms with Gasteiger partial charge in [-0.3, -0.25) is 0 Å². The second-order valence-electron chi connectivity index (χ2n) is 2.04. The smallest absolute Gasteiger partial charge is 0.384 e. The van der Waals surface area contributed by atoms with Gasteiger partial charge in [0, 0.05) is 11.3 Å². The number of aromatic nitrogens is 1. The van der Waals surface area contributed by atoms with E-state index in [9.17, 15) is 4.79 Å². The third-order valence-electron chi connectivity index (χ3n) is 1.17. The highest BCUT2D eigenvalue weighted by Crippen LogP contribution is 2.07. The lowest BCUT2D eigenvalue weighted by molar-refractivity contribution is -0.133. The molecule has 0 aliphatic carbocycles. The summed E-state index contributed by atoms with van der Waals surface area (Å²) in [6.45, 7) is -0.115. The van der Waals surface area contributed by atoms with Crippen molar-refractivity contribution in [2.24, 2.45) is 0 Å². The Labute approximate surface area is 79.2 Å². The molecule has 0 unspecified atom stereocenters. The molecule has 1 N–H and O–H groups in total. The van der Waals surface area contributed by atoms with Crippen LogP contribution in [0, 0.1) is 11.8 Å². The highest BCUT2D eigenvalue weighted by molar-refractivity contribution is 7.10. The van der Waals surface area contributed by atoms with Gasteiger partial charge in [-0.25, -0.2) is 9.78 Å². The number of aliphatic hydroxyl groups is 1. The normalized spacial score (nSPS) is 8.77. The lowest BCUT2D eigenvalue weighted by atomic mass is 10.5. The summed E-state index contributed by atoms with van der Waals surface area (Å²) in [5.74, 6) is 4.17. The average Bonchev–Trinajstić information content (AvgIpc) is 2.61. The predicted octanol–water partition coefficient (Wildman–Crippen LogP) is 0.160. The van der Waals surface area contributed by atoms with Gasteiger partial charge in [0.25, 0.3) is 0 Å². The fourth-order valence-corrected chi connectivity index (χ4v) is 1.25. The van der Waals surface area contributed by atoms with Crippen LogP contribution in [0.3, 0.4) is 0 Å². The molecule has 0 radical (unpaired) electrons. The molecule has 0 atom stereocenters. The zero-order valence-corrected chi connectivity index (χ0v) is 7.72. The lowest BCUT2D eigenvalue weighted by Gasteiger charge is -1.83. The van der Waals surface area contributed by atoms with Crippen molar-refractivity contribution in [3.8, 4) is 11.8 Å². The largest absolute Gasteiger partial charge is 0.459 e. The molecule has 0 spiro atoms. The van der Waals surface area contributed by atoms with Gasteiger partial charge in [0.1, 0.15) is 0 Å². The van der Waals surface area contributed by atoms with Crippen LogP contribution in [0.5, 0.6) is 0 Å². The summed E-state index contributed by atoms with van der Waals surface area (Å²) in [7, 11) is 1.26. The number of ether oxygens (including phenoxy) is 1. The van der Waals surface area contributed by atoms with Gasteiger partial charge in [0.15, 0.2) is 5.01 Å². The van der Waals surface area contributed by atoms with Gasteiger partial charge in [-0.15, -0.1) is 11.3 Å². The number of nitrogens with zero attached hydrogens (tertiary/aromatic N) is 1. The predicted molar refractivity (Wildman–Crippen MR) is 46.9 cm³/mol. The van der Waals surface area contributed by atoms with Crippen molar-refractivity contribution in [3.63, 3.8) is 0 Å². The van der Waals surface area contributed by atoms with Crippen molar-refractivity contribution in [1.82, 2.24) is 4.98 Å². The zero-order valence-electron chi connectivity index (χ0n) is 6.90. The molecule has 0 aliphatic heterocycles. The van der Waals surface area contributed by atoms with Crippen molar-refractivity contribution >= 4 is 17.3 Å². The Kier molecular flexibility index (Phi) is 3.43. The van der Waals surface area contributed by atoms with E-state index in [0.717, 1.165) is 0 Å². The van der Waals surface area contributed by atoms with Gasteiger partial charge < -0.3 is 9.84 Å². The van der Waals surface area contributed by atoms with Crippen molar-refractivity contribution in [3.05, 3.63) is 16.1 Å². The quantitative estimate of drug-likeness (QED) is 0.514. The van der Waals surface area contributed by atoms with Crippen LogP contribution in [-0.4, -0.2) is 23.2 Å². The molecule has 0 bridgehead atoms. The van der Waals surface area contributed by atoms with Crippen LogP contribution in [0.4, 0.5) is 0 Å². The molecule has 1 aromatic heterocycles. The molecule has 0 saturated carbocycles. The van der Waals surface area contributed by atoms with E-state index in [1.54, 1.807) is 5.38 Å². The van der Waals surface area contributed by atoms with Crippen molar-refractivity contribution in [1.29, 1.82) is 0 Å². The third kappa shape index (κ3) is 2.86. The maximum absolute atomic E-state index is 10.6. The number of carbonyl (C=O) groups excluding carboxylic acids is 1. The van der Waals surface area contributed by atoms with Gasteiger partial charge in [0.2, 0.25) is 0 Å². The summed E-state index contributed by atoms with van der Waals surface area (Å²) in [6, 6.07) is 0. The maximum Gasteiger partial charge on any atom is 0.384 e. The fourth-order valence-electron chi connectivity index (χ4n) is 0.593. The number of carbonyl (C=O) groups is 1. The SMILES string of the molecule is COC(=O)C#Cc1nc(CO)cs1. The summed E-state index contributed by atoms with van der Waals surface area (Å²) in [6.07, 6.45) is 0. The number of thiazole rings is 1. The molecule has 0 aromatic carbocycles. The Bertz CT molecular complexity index is 361. The molecule has 0 fully saturated rings. The Balaban J connectivity index is 2.72. The third-order valence-corrected chi connectivity index (χ3v) is 1.98. The molecular weight excluding hydrogens is 190 g/mol. The van der Waals surface area contributed by atoms with Crippen LogP contribution in [0.15, 0.2) is 5.38 Å². The molecule has 1 rings (SSSR count). The fraction of sp³-hybridized carbons (Fsp3) is 0.250. The summed E-state index contributed by atoms with van der Waals surface area (Å²) < 4.78 is 4.32. The highest BCUT2D eigenvalue weighted by Gasteiger charge is 1.97. The molecule has 1 aromatic rings. The number of esters is 1. The lowest BCUT2D eigenvalue weighted by Crippen LogP contribution is -1.94. The molecule has 5 heteroatoms. The average molecular weight is 197 g/mol. The van der Waals surface area contributed by atoms with E-state index in [1.807, 2.05) is 0 Å². The number of hydrogen-bond acceptors (Lipinski definition) is 5. The first-order valence-electron chi connectivity index (χ1n) is 3.41. The Morgan fingerprint density at radius 1 is 1.85 bits per heavy atom. The second kappa shape index (κ2) is 4.60. The minimum atomic E-state index is -0.597. The van der Waals surface area contributed by atoms with Gasteiger partial charge in [-0.1, -0.05) is 0 Å². The van der Waals surface area contributed by atoms with Crippen molar-refractivity contribution < 1.29 is 14.6 Å². The standard InChI is InChI=1S/C8H7NO3S/c1-12-8(11)3-2-7-9-6(4-10)5-13-7/h5,10H,4H2,1H3. The molecule has 0 saturated heterocycles. The Morgan fingerprint density at radius 3 is 3.15 bits per heavy atom. The number of hydrogen-bond donors (Lipinski definition) is 1. The maximum atomic E-state index is 10.6. The minimum Gasteiger partial charge on any atom is -0.459 e. The monoisotopic (exact) mass is 197 g/mol. The van der Waals surface area contributed by atoms with Crippen LogP contribution in [0.2, 0.25) is 0 Å². The van der Waals surface area contributed by atoms with Crippen LogP contribution in [-0.2, 0) is 16.1 Å². The number of methoxy groups -OCH3 is 1. The Hall–Kier alpha value is -1.38. The van der Waals surface area contributed by atoms with E-state index in [4.69, 9.17) is 5.11 Å². The molecule has 0 amide bonds. The van der Waals surface area contributed by atoms with Gasteiger partial charge in [-0.05, 0) is 5.92 Å². The minimum absolute atomic E-state index is 0.115. The number of aliphatic hydroxyl groups excluding tert-OH is 1. The van der Waals surface area contributed by atoms with E-state index in [-0.39, 0.29) is 6.61 Å². The second-order valence-corrected chi connectivity index (χ2v) is 2.90.